The van der Waals surface area contributed by atoms with Gasteiger partial charge in [-0.3, -0.25) is 14.4 Å². The summed E-state index contributed by atoms with van der Waals surface area (Å²) in [4.78, 5) is 40.0. The molecule has 3 rings (SSSR count). The Hall–Kier alpha value is -2.53. The van der Waals surface area contributed by atoms with Crippen molar-refractivity contribution in [3.05, 3.63) is 51.7 Å². The number of quaternary nitrogens is 1. The maximum atomic E-state index is 13.4. The van der Waals surface area contributed by atoms with Crippen LogP contribution in [0.15, 0.2) is 35.7 Å². The topological polar surface area (TPSA) is 96.5 Å². The second-order valence-electron chi connectivity index (χ2n) is 12.8. The third-order valence-electron chi connectivity index (χ3n) is 8.41. The number of benzene rings is 1. The maximum absolute atomic E-state index is 13.4. The Bertz CT molecular complexity index is 1170. The quantitative estimate of drug-likeness (QED) is 0.171. The molecule has 0 aliphatic carbocycles. The average Bonchev–Trinajstić information content (AvgIpc) is 3.11. The number of carbonyl (C=O) groups excluding carboxylic acids is 3. The summed E-state index contributed by atoms with van der Waals surface area (Å²) in [6.07, 6.45) is 4.20. The number of nitrogens with one attached hydrogen (secondary N) is 3. The number of hydrogen-bond acceptors (Lipinski definition) is 5. The minimum atomic E-state index is -1.89. The number of nitrogens with zero attached hydrogens (tertiary/aromatic N) is 1. The molecule has 2 heterocycles. The van der Waals surface area contributed by atoms with Crippen LogP contribution in [0.4, 0.5) is 5.69 Å². The van der Waals surface area contributed by atoms with Crippen molar-refractivity contribution < 1.29 is 23.3 Å². The van der Waals surface area contributed by atoms with E-state index >= 15 is 0 Å². The second-order valence-corrected chi connectivity index (χ2v) is 18.5. The molecular formula is C31H49N4O4SSi+. The van der Waals surface area contributed by atoms with Crippen LogP contribution in [-0.4, -0.2) is 69.9 Å². The van der Waals surface area contributed by atoms with Crippen LogP contribution in [-0.2, 0) is 20.6 Å². The normalized spacial score (nSPS) is 15.6. The van der Waals surface area contributed by atoms with Gasteiger partial charge in [-0.2, -0.15) is 0 Å². The van der Waals surface area contributed by atoms with Crippen molar-refractivity contribution in [3.63, 3.8) is 0 Å². The second kappa shape index (κ2) is 14.6. The average molecular weight is 602 g/mol. The molecule has 0 atom stereocenters. The lowest BCUT2D eigenvalue weighted by Crippen LogP contribution is -2.57. The van der Waals surface area contributed by atoms with Gasteiger partial charge in [-0.1, -0.05) is 51.1 Å². The molecule has 2 aromatic rings. The zero-order valence-electron chi connectivity index (χ0n) is 25.7. The Morgan fingerprint density at radius 1 is 0.951 bits per heavy atom. The molecule has 0 radical (unpaired) electrons. The van der Waals surface area contributed by atoms with Crippen LogP contribution in [0.25, 0.3) is 0 Å². The van der Waals surface area contributed by atoms with Crippen molar-refractivity contribution >= 4 is 43.1 Å². The Kier molecular flexibility index (Phi) is 11.7. The molecule has 1 aromatic carbocycles. The van der Waals surface area contributed by atoms with Gasteiger partial charge >= 0.3 is 0 Å². The summed E-state index contributed by atoms with van der Waals surface area (Å²) in [6.45, 7) is 16.2. The summed E-state index contributed by atoms with van der Waals surface area (Å²) in [5.41, 5.74) is 2.46. The van der Waals surface area contributed by atoms with Crippen LogP contribution < -0.4 is 16.0 Å². The van der Waals surface area contributed by atoms with Gasteiger partial charge in [0.25, 0.3) is 17.7 Å². The van der Waals surface area contributed by atoms with Gasteiger partial charge in [0.2, 0.25) is 0 Å². The van der Waals surface area contributed by atoms with Gasteiger partial charge in [0.15, 0.2) is 21.4 Å². The first-order valence-electron chi connectivity index (χ1n) is 14.8. The third kappa shape index (κ3) is 9.77. The van der Waals surface area contributed by atoms with Gasteiger partial charge in [-0.25, -0.2) is 0 Å². The van der Waals surface area contributed by atoms with Crippen LogP contribution >= 0.6 is 11.3 Å². The van der Waals surface area contributed by atoms with E-state index in [2.05, 4.69) is 49.8 Å². The van der Waals surface area contributed by atoms with Crippen molar-refractivity contribution in [3.8, 4) is 0 Å². The molecule has 0 saturated carbocycles. The Balaban J connectivity index is 1.61. The maximum Gasteiger partial charge on any atom is 0.279 e. The first-order chi connectivity index (χ1) is 19.3. The summed E-state index contributed by atoms with van der Waals surface area (Å²) < 4.78 is 6.62. The fourth-order valence-electron chi connectivity index (χ4n) is 4.91. The smallest absolute Gasteiger partial charge is 0.279 e. The monoisotopic (exact) mass is 601 g/mol. The third-order valence-corrected chi connectivity index (χ3v) is 14.0. The molecular weight excluding hydrogens is 553 g/mol. The summed E-state index contributed by atoms with van der Waals surface area (Å²) in [7, 11) is -1.89. The SMILES string of the molecule is Cc1csc(C(=O)NCCO[Si](C)(C)C(C)(C)C)c1NC(=O)C[N+]1(CC(=O)NCc2ccccc2)CCCCCC1. The number of rotatable bonds is 12. The van der Waals surface area contributed by atoms with Crippen LogP contribution in [0.5, 0.6) is 0 Å². The first kappa shape index (κ1) is 33.0. The van der Waals surface area contributed by atoms with E-state index in [4.69, 9.17) is 4.43 Å². The van der Waals surface area contributed by atoms with E-state index in [-0.39, 0.29) is 35.8 Å². The highest BCUT2D eigenvalue weighted by molar-refractivity contribution is 7.13. The summed E-state index contributed by atoms with van der Waals surface area (Å²) >= 11 is 1.33. The Morgan fingerprint density at radius 2 is 1.59 bits per heavy atom. The van der Waals surface area contributed by atoms with E-state index in [1.807, 2.05) is 42.6 Å². The minimum absolute atomic E-state index is 0.0461. The van der Waals surface area contributed by atoms with Crippen molar-refractivity contribution in [1.29, 1.82) is 0 Å². The molecule has 3 N–H and O–H groups in total. The highest BCUT2D eigenvalue weighted by atomic mass is 32.1. The lowest BCUT2D eigenvalue weighted by atomic mass is 10.2. The van der Waals surface area contributed by atoms with Crippen LogP contribution in [0.2, 0.25) is 18.1 Å². The van der Waals surface area contributed by atoms with E-state index in [9.17, 15) is 14.4 Å². The zero-order valence-corrected chi connectivity index (χ0v) is 27.5. The molecule has 1 aromatic heterocycles. The number of amides is 3. The van der Waals surface area contributed by atoms with Crippen LogP contribution in [0.3, 0.4) is 0 Å². The molecule has 1 fully saturated rings. The standard InChI is InChI=1S/C31H48N4O4SSi/c1-24-23-40-29(30(38)32-16-19-39-41(5,6)31(2,3)4)28(24)34-27(37)22-35(17-12-7-8-13-18-35)21-26(36)33-20-25-14-10-9-11-15-25/h9-11,14-15,23H,7-8,12-13,16-22H2,1-6H3,(H2-,32,33,34,36,37,38)/p+1. The number of anilines is 1. The largest absolute Gasteiger partial charge is 0.415 e. The lowest BCUT2D eigenvalue weighted by Gasteiger charge is -2.36. The molecule has 3 amide bonds. The Labute approximate surface area is 251 Å². The Morgan fingerprint density at radius 3 is 2.22 bits per heavy atom. The number of likely N-dealkylation sites (tertiary alicyclic amines) is 1. The summed E-state index contributed by atoms with van der Waals surface area (Å²) in [5.74, 6) is -0.425. The molecule has 1 saturated heterocycles. The van der Waals surface area contributed by atoms with Crippen molar-refractivity contribution in [1.82, 2.24) is 10.6 Å². The number of carbonyl (C=O) groups is 3. The van der Waals surface area contributed by atoms with E-state index in [0.29, 0.717) is 34.7 Å². The predicted molar refractivity (Wildman–Crippen MR) is 170 cm³/mol. The molecule has 41 heavy (non-hydrogen) atoms. The highest BCUT2D eigenvalue weighted by Gasteiger charge is 2.37. The van der Waals surface area contributed by atoms with Gasteiger partial charge in [0.1, 0.15) is 4.88 Å². The van der Waals surface area contributed by atoms with Gasteiger partial charge < -0.3 is 24.9 Å². The first-order valence-corrected chi connectivity index (χ1v) is 18.6. The van der Waals surface area contributed by atoms with Crippen molar-refractivity contribution in [2.75, 3.05) is 44.6 Å². The molecule has 10 heteroatoms. The lowest BCUT2D eigenvalue weighted by molar-refractivity contribution is -0.912. The van der Waals surface area contributed by atoms with Gasteiger partial charge in [-0.05, 0) is 67.2 Å². The van der Waals surface area contributed by atoms with Crippen LogP contribution in [0, 0.1) is 6.92 Å². The predicted octanol–water partition coefficient (Wildman–Crippen LogP) is 5.45. The molecule has 0 spiro atoms. The molecule has 8 nitrogen and oxygen atoms in total. The van der Waals surface area contributed by atoms with E-state index in [1.165, 1.54) is 11.3 Å². The van der Waals surface area contributed by atoms with Crippen LogP contribution in [0.1, 0.15) is 67.3 Å². The van der Waals surface area contributed by atoms with E-state index < -0.39 is 8.32 Å². The summed E-state index contributed by atoms with van der Waals surface area (Å²) in [6, 6.07) is 9.85. The molecule has 226 valence electrons. The van der Waals surface area contributed by atoms with E-state index in [1.54, 1.807) is 0 Å². The molecule has 0 unspecified atom stereocenters. The number of aryl methyl sites for hydroxylation is 1. The number of hydrogen-bond donors (Lipinski definition) is 3. The van der Waals surface area contributed by atoms with Gasteiger partial charge in [0, 0.05) is 13.1 Å². The zero-order chi connectivity index (χ0) is 30.1. The van der Waals surface area contributed by atoms with E-state index in [0.717, 1.165) is 49.9 Å². The fourth-order valence-corrected chi connectivity index (χ4v) is 6.87. The molecule has 1 aliphatic rings. The highest BCUT2D eigenvalue weighted by Crippen LogP contribution is 2.36. The van der Waals surface area contributed by atoms with Gasteiger partial charge in [0.05, 0.1) is 25.4 Å². The van der Waals surface area contributed by atoms with Gasteiger partial charge in [-0.15, -0.1) is 11.3 Å². The summed E-state index contributed by atoms with van der Waals surface area (Å²) in [5, 5.41) is 11.0. The molecule has 1 aliphatic heterocycles. The fraction of sp³-hybridized carbons (Fsp3) is 0.581. The van der Waals surface area contributed by atoms with Crippen molar-refractivity contribution in [2.24, 2.45) is 0 Å². The minimum Gasteiger partial charge on any atom is -0.415 e. The molecule has 0 bridgehead atoms. The number of thiophene rings is 1. The van der Waals surface area contributed by atoms with Crippen molar-refractivity contribution in [2.45, 2.75) is 78.1 Å².